The van der Waals surface area contributed by atoms with Crippen molar-refractivity contribution < 1.29 is 19.4 Å². The van der Waals surface area contributed by atoms with Crippen molar-refractivity contribution in [1.29, 1.82) is 0 Å². The maximum absolute atomic E-state index is 13.8. The van der Waals surface area contributed by atoms with Crippen LogP contribution in [0.2, 0.25) is 0 Å². The average molecular weight is 505 g/mol. The number of carbonyl (C=O) groups excluding carboxylic acids is 2. The normalized spacial score (nSPS) is 18.8. The van der Waals surface area contributed by atoms with Crippen LogP contribution in [0.4, 0.5) is 0 Å². The summed E-state index contributed by atoms with van der Waals surface area (Å²) >= 11 is 1.28. The van der Waals surface area contributed by atoms with E-state index in [9.17, 15) is 14.7 Å². The van der Waals surface area contributed by atoms with Gasteiger partial charge in [-0.25, -0.2) is 4.98 Å². The van der Waals surface area contributed by atoms with Crippen molar-refractivity contribution in [3.63, 3.8) is 0 Å². The third-order valence-corrected chi connectivity index (χ3v) is 7.75. The first-order chi connectivity index (χ1) is 17.5. The lowest BCUT2D eigenvalue weighted by Gasteiger charge is -2.29. The fourth-order valence-corrected chi connectivity index (χ4v) is 5.75. The number of aromatic nitrogens is 2. The van der Waals surface area contributed by atoms with Gasteiger partial charge in [0.1, 0.15) is 5.01 Å². The summed E-state index contributed by atoms with van der Waals surface area (Å²) < 4.78 is 5.41. The molecule has 186 valence electrons. The summed E-state index contributed by atoms with van der Waals surface area (Å²) in [5, 5.41) is 11.7. The van der Waals surface area contributed by atoms with E-state index in [1.165, 1.54) is 11.3 Å². The standard InChI is InChI=1S/C27H28N4O4S/c1-18-25(36-26(29-18)19-7-3-2-4-8-19)23(32)21-22(20-9-5-10-28-17-20)31(27(34)24(21)33)12-6-11-30-13-15-35-16-14-30/h2-5,7-10,17,22,33H,6,11-16H2,1H3. The number of pyridine rings is 1. The van der Waals surface area contributed by atoms with E-state index in [0.29, 0.717) is 35.9 Å². The summed E-state index contributed by atoms with van der Waals surface area (Å²) in [5.41, 5.74) is 2.27. The van der Waals surface area contributed by atoms with Crippen LogP contribution >= 0.6 is 11.3 Å². The number of morpholine rings is 1. The number of aryl methyl sites for hydroxylation is 1. The Hall–Kier alpha value is -3.40. The highest BCUT2D eigenvalue weighted by Gasteiger charge is 2.44. The summed E-state index contributed by atoms with van der Waals surface area (Å²) in [7, 11) is 0. The number of amides is 1. The maximum atomic E-state index is 13.8. The molecule has 5 rings (SSSR count). The zero-order valence-electron chi connectivity index (χ0n) is 20.1. The number of benzene rings is 1. The minimum Gasteiger partial charge on any atom is -0.503 e. The fourth-order valence-electron chi connectivity index (χ4n) is 4.72. The molecule has 1 atom stereocenters. The number of carbonyl (C=O) groups is 2. The number of hydrogen-bond acceptors (Lipinski definition) is 8. The van der Waals surface area contributed by atoms with E-state index in [2.05, 4.69) is 14.9 Å². The molecule has 4 heterocycles. The average Bonchev–Trinajstić information content (AvgIpc) is 3.43. The molecule has 1 N–H and O–H groups in total. The Kier molecular flexibility index (Phi) is 7.22. The summed E-state index contributed by atoms with van der Waals surface area (Å²) in [6.45, 7) is 6.15. The van der Waals surface area contributed by atoms with Crippen LogP contribution in [0.5, 0.6) is 0 Å². The van der Waals surface area contributed by atoms with Crippen molar-refractivity contribution in [2.75, 3.05) is 39.4 Å². The van der Waals surface area contributed by atoms with Crippen molar-refractivity contribution in [3.8, 4) is 10.6 Å². The molecule has 1 saturated heterocycles. The van der Waals surface area contributed by atoms with Gasteiger partial charge in [0.2, 0.25) is 5.78 Å². The van der Waals surface area contributed by atoms with Crippen LogP contribution in [0.25, 0.3) is 10.6 Å². The van der Waals surface area contributed by atoms with Gasteiger partial charge in [-0.1, -0.05) is 36.4 Å². The number of hydrogen-bond donors (Lipinski definition) is 1. The second-order valence-electron chi connectivity index (χ2n) is 8.89. The van der Waals surface area contributed by atoms with E-state index in [-0.39, 0.29) is 11.4 Å². The Morgan fingerprint density at radius 1 is 1.14 bits per heavy atom. The van der Waals surface area contributed by atoms with Crippen LogP contribution < -0.4 is 0 Å². The molecule has 36 heavy (non-hydrogen) atoms. The zero-order chi connectivity index (χ0) is 25.1. The molecule has 1 aromatic carbocycles. The first-order valence-corrected chi connectivity index (χ1v) is 12.9. The predicted octanol–water partition coefficient (Wildman–Crippen LogP) is 3.81. The van der Waals surface area contributed by atoms with Crippen molar-refractivity contribution >= 4 is 23.0 Å². The van der Waals surface area contributed by atoms with Gasteiger partial charge in [-0.05, 0) is 25.0 Å². The van der Waals surface area contributed by atoms with Crippen molar-refractivity contribution in [2.24, 2.45) is 0 Å². The van der Waals surface area contributed by atoms with Gasteiger partial charge in [0.05, 0.1) is 35.4 Å². The van der Waals surface area contributed by atoms with Crippen LogP contribution in [-0.2, 0) is 9.53 Å². The van der Waals surface area contributed by atoms with Gasteiger partial charge in [-0.2, -0.15) is 0 Å². The number of aliphatic hydroxyl groups is 1. The topological polar surface area (TPSA) is 95.9 Å². The van der Waals surface area contributed by atoms with Crippen LogP contribution in [-0.4, -0.2) is 76.0 Å². The zero-order valence-corrected chi connectivity index (χ0v) is 20.9. The predicted molar refractivity (Wildman–Crippen MR) is 137 cm³/mol. The molecule has 1 fully saturated rings. The Morgan fingerprint density at radius 2 is 1.92 bits per heavy atom. The lowest BCUT2D eigenvalue weighted by Crippen LogP contribution is -2.39. The quantitative estimate of drug-likeness (QED) is 0.466. The van der Waals surface area contributed by atoms with E-state index in [0.717, 1.165) is 36.6 Å². The molecular weight excluding hydrogens is 476 g/mol. The molecule has 1 amide bonds. The van der Waals surface area contributed by atoms with Gasteiger partial charge in [-0.15, -0.1) is 11.3 Å². The van der Waals surface area contributed by atoms with Crippen molar-refractivity contribution in [2.45, 2.75) is 19.4 Å². The maximum Gasteiger partial charge on any atom is 0.290 e. The Labute approximate surface area is 213 Å². The summed E-state index contributed by atoms with van der Waals surface area (Å²) in [5.74, 6) is -1.39. The van der Waals surface area contributed by atoms with Crippen molar-refractivity contribution in [3.05, 3.63) is 82.3 Å². The van der Waals surface area contributed by atoms with Crippen molar-refractivity contribution in [1.82, 2.24) is 19.8 Å². The number of thiazole rings is 1. The molecule has 2 aliphatic heterocycles. The molecule has 3 aromatic rings. The molecule has 9 heteroatoms. The number of aliphatic hydroxyl groups excluding tert-OH is 1. The van der Waals surface area contributed by atoms with Crippen LogP contribution in [0, 0.1) is 6.92 Å². The van der Waals surface area contributed by atoms with Gasteiger partial charge < -0.3 is 14.7 Å². The molecule has 2 aromatic heterocycles. The van der Waals surface area contributed by atoms with E-state index in [1.54, 1.807) is 30.3 Å². The van der Waals surface area contributed by atoms with Gasteiger partial charge >= 0.3 is 0 Å². The molecule has 2 aliphatic rings. The molecule has 0 radical (unpaired) electrons. The lowest BCUT2D eigenvalue weighted by molar-refractivity contribution is -0.129. The highest BCUT2D eigenvalue weighted by Crippen LogP contribution is 2.40. The van der Waals surface area contributed by atoms with E-state index in [1.807, 2.05) is 36.4 Å². The first-order valence-electron chi connectivity index (χ1n) is 12.1. The fraction of sp³-hybridized carbons (Fsp3) is 0.333. The SMILES string of the molecule is Cc1nc(-c2ccccc2)sc1C(=O)C1=C(O)C(=O)N(CCCN2CCOCC2)C1c1cccnc1. The summed E-state index contributed by atoms with van der Waals surface area (Å²) in [6.07, 6.45) is 4.01. The molecular formula is C27H28N4O4S. The summed E-state index contributed by atoms with van der Waals surface area (Å²) in [4.78, 5) is 40.2. The second-order valence-corrected chi connectivity index (χ2v) is 9.89. The van der Waals surface area contributed by atoms with Crippen LogP contribution in [0.1, 0.15) is 33.4 Å². The third-order valence-electron chi connectivity index (χ3n) is 6.55. The monoisotopic (exact) mass is 504 g/mol. The number of ketones is 1. The Bertz CT molecular complexity index is 1270. The van der Waals surface area contributed by atoms with Crippen LogP contribution in [0.15, 0.2) is 66.2 Å². The molecule has 8 nitrogen and oxygen atoms in total. The first kappa shape index (κ1) is 24.3. The van der Waals surface area contributed by atoms with E-state index in [4.69, 9.17) is 4.74 Å². The third kappa shape index (κ3) is 4.82. The number of ether oxygens (including phenoxy) is 1. The van der Waals surface area contributed by atoms with E-state index < -0.39 is 17.7 Å². The van der Waals surface area contributed by atoms with Gasteiger partial charge in [0.25, 0.3) is 5.91 Å². The largest absolute Gasteiger partial charge is 0.503 e. The minimum absolute atomic E-state index is 0.0886. The second kappa shape index (κ2) is 10.7. The lowest BCUT2D eigenvalue weighted by atomic mass is 9.96. The Morgan fingerprint density at radius 3 is 2.64 bits per heavy atom. The van der Waals surface area contributed by atoms with Gasteiger partial charge in [0.15, 0.2) is 5.76 Å². The number of Topliss-reactive ketones (excluding diaryl/α,β-unsaturated/α-hetero) is 1. The highest BCUT2D eigenvalue weighted by molar-refractivity contribution is 7.17. The smallest absolute Gasteiger partial charge is 0.290 e. The minimum atomic E-state index is -0.704. The van der Waals surface area contributed by atoms with Crippen LogP contribution in [0.3, 0.4) is 0 Å². The summed E-state index contributed by atoms with van der Waals surface area (Å²) in [6, 6.07) is 12.6. The van der Waals surface area contributed by atoms with Gasteiger partial charge in [-0.3, -0.25) is 19.5 Å². The molecule has 0 spiro atoms. The Balaban J connectivity index is 1.44. The van der Waals surface area contributed by atoms with Gasteiger partial charge in [0, 0.05) is 44.1 Å². The molecule has 0 aliphatic carbocycles. The molecule has 0 saturated carbocycles. The number of nitrogens with zero attached hydrogens (tertiary/aromatic N) is 4. The number of rotatable bonds is 8. The van der Waals surface area contributed by atoms with E-state index >= 15 is 0 Å². The molecule has 1 unspecified atom stereocenters. The molecule has 0 bridgehead atoms. The highest BCUT2D eigenvalue weighted by atomic mass is 32.1.